The van der Waals surface area contributed by atoms with Crippen molar-refractivity contribution >= 4 is 15.9 Å². The van der Waals surface area contributed by atoms with E-state index in [0.29, 0.717) is 5.75 Å². The number of hydrogen-bond acceptors (Lipinski definition) is 4. The van der Waals surface area contributed by atoms with Crippen LogP contribution in [0.25, 0.3) is 0 Å². The quantitative estimate of drug-likeness (QED) is 0.782. The Morgan fingerprint density at radius 2 is 1.74 bits per heavy atom. The minimum Gasteiger partial charge on any atom is -0.496 e. The van der Waals surface area contributed by atoms with Gasteiger partial charge in [-0.05, 0) is 23.8 Å². The van der Waals surface area contributed by atoms with Crippen LogP contribution in [0.3, 0.4) is 0 Å². The number of ether oxygens (including phenoxy) is 1. The number of rotatable bonds is 5. The molecule has 27 heavy (non-hydrogen) atoms. The van der Waals surface area contributed by atoms with E-state index >= 15 is 0 Å². The van der Waals surface area contributed by atoms with E-state index in [1.54, 1.807) is 24.3 Å². The first-order valence-corrected chi connectivity index (χ1v) is 10.2. The average Bonchev–Trinajstić information content (AvgIpc) is 2.68. The normalized spacial score (nSPS) is 15.6. The Hall–Kier alpha value is -2.45. The Kier molecular flexibility index (Phi) is 5.76. The number of hydrogen-bond donors (Lipinski definition) is 0. The summed E-state index contributed by atoms with van der Waals surface area (Å²) in [6, 6.07) is 12.7. The molecule has 2 aromatic carbocycles. The predicted molar refractivity (Wildman–Crippen MR) is 99.5 cm³/mol. The van der Waals surface area contributed by atoms with E-state index in [2.05, 4.69) is 0 Å². The molecule has 0 unspecified atom stereocenters. The molecule has 1 amide bonds. The molecule has 0 N–H and O–H groups in total. The van der Waals surface area contributed by atoms with Gasteiger partial charge in [0.25, 0.3) is 5.91 Å². The molecular weight excluding hydrogens is 371 g/mol. The van der Waals surface area contributed by atoms with Gasteiger partial charge in [-0.1, -0.05) is 30.3 Å². The second-order valence-corrected chi connectivity index (χ2v) is 8.25. The molecule has 0 spiro atoms. The topological polar surface area (TPSA) is 66.9 Å². The van der Waals surface area contributed by atoms with Gasteiger partial charge in [-0.2, -0.15) is 4.31 Å². The fraction of sp³-hybridized carbons (Fsp3) is 0.316. The molecule has 1 fully saturated rings. The zero-order chi connectivity index (χ0) is 19.4. The molecule has 0 atom stereocenters. The lowest BCUT2D eigenvalue weighted by Crippen LogP contribution is -2.50. The van der Waals surface area contributed by atoms with Crippen molar-refractivity contribution in [3.05, 3.63) is 65.5 Å². The lowest BCUT2D eigenvalue weighted by atomic mass is 10.1. The number of sulfonamides is 1. The van der Waals surface area contributed by atoms with Crippen molar-refractivity contribution in [2.24, 2.45) is 0 Å². The maximum absolute atomic E-state index is 13.5. The molecule has 144 valence electrons. The van der Waals surface area contributed by atoms with Crippen molar-refractivity contribution in [1.29, 1.82) is 0 Å². The van der Waals surface area contributed by atoms with E-state index < -0.39 is 15.8 Å². The number of methoxy groups -OCH3 is 1. The highest BCUT2D eigenvalue weighted by molar-refractivity contribution is 7.88. The minimum absolute atomic E-state index is 0.0699. The van der Waals surface area contributed by atoms with Crippen LogP contribution in [0.1, 0.15) is 15.9 Å². The molecular formula is C19H21FN2O4S. The summed E-state index contributed by atoms with van der Waals surface area (Å²) in [6.45, 7) is 0.899. The van der Waals surface area contributed by atoms with Crippen LogP contribution in [0.15, 0.2) is 48.5 Å². The summed E-state index contributed by atoms with van der Waals surface area (Å²) in [5, 5.41) is 0. The minimum atomic E-state index is -3.46. The summed E-state index contributed by atoms with van der Waals surface area (Å²) in [7, 11) is -2.04. The van der Waals surface area contributed by atoms with Gasteiger partial charge in [0.05, 0.1) is 18.4 Å². The van der Waals surface area contributed by atoms with Crippen molar-refractivity contribution < 1.29 is 22.3 Å². The first kappa shape index (κ1) is 19.3. The van der Waals surface area contributed by atoms with E-state index in [4.69, 9.17) is 4.74 Å². The second-order valence-electron chi connectivity index (χ2n) is 6.28. The molecule has 2 aromatic rings. The summed E-state index contributed by atoms with van der Waals surface area (Å²) >= 11 is 0. The predicted octanol–water partition coefficient (Wildman–Crippen LogP) is 2.12. The summed E-state index contributed by atoms with van der Waals surface area (Å²) in [5.41, 5.74) is 0.860. The molecule has 8 heteroatoms. The second kappa shape index (κ2) is 8.06. The number of halogens is 1. The Morgan fingerprint density at radius 3 is 2.37 bits per heavy atom. The van der Waals surface area contributed by atoms with E-state index in [9.17, 15) is 17.6 Å². The summed E-state index contributed by atoms with van der Waals surface area (Å²) in [6.07, 6.45) is 0. The van der Waals surface area contributed by atoms with Crippen LogP contribution in [-0.4, -0.2) is 56.8 Å². The smallest absolute Gasteiger partial charge is 0.257 e. The van der Waals surface area contributed by atoms with Crippen LogP contribution in [0.4, 0.5) is 4.39 Å². The van der Waals surface area contributed by atoms with Crippen molar-refractivity contribution in [2.45, 2.75) is 5.75 Å². The molecule has 1 saturated heterocycles. The van der Waals surface area contributed by atoms with Gasteiger partial charge in [-0.3, -0.25) is 4.79 Å². The third-order valence-corrected chi connectivity index (χ3v) is 6.35. The van der Waals surface area contributed by atoms with Gasteiger partial charge in [0.1, 0.15) is 11.6 Å². The van der Waals surface area contributed by atoms with Crippen molar-refractivity contribution in [2.75, 3.05) is 33.3 Å². The highest BCUT2D eigenvalue weighted by Crippen LogP contribution is 2.22. The van der Waals surface area contributed by atoms with E-state index in [1.165, 1.54) is 28.4 Å². The molecule has 6 nitrogen and oxygen atoms in total. The molecule has 0 radical (unpaired) electrons. The zero-order valence-electron chi connectivity index (χ0n) is 15.0. The fourth-order valence-corrected chi connectivity index (χ4v) is 4.58. The first-order chi connectivity index (χ1) is 12.9. The molecule has 3 rings (SSSR count). The van der Waals surface area contributed by atoms with Crippen molar-refractivity contribution in [3.8, 4) is 5.75 Å². The van der Waals surface area contributed by atoms with Gasteiger partial charge < -0.3 is 9.64 Å². The van der Waals surface area contributed by atoms with Gasteiger partial charge in [0.2, 0.25) is 10.0 Å². The maximum atomic E-state index is 13.5. The highest BCUT2D eigenvalue weighted by Gasteiger charge is 2.30. The Morgan fingerprint density at radius 1 is 1.07 bits per heavy atom. The SMILES string of the molecule is COc1ccc(F)cc1C(=O)N1CCN(S(=O)(=O)Cc2ccccc2)CC1. The number of carbonyl (C=O) groups is 1. The van der Waals surface area contributed by atoms with Crippen LogP contribution < -0.4 is 4.74 Å². The number of carbonyl (C=O) groups excluding carboxylic acids is 1. The first-order valence-electron chi connectivity index (χ1n) is 8.55. The summed E-state index contributed by atoms with van der Waals surface area (Å²) in [5.74, 6) is -0.672. The molecule has 0 aromatic heterocycles. The molecule has 0 saturated carbocycles. The number of benzene rings is 2. The van der Waals surface area contributed by atoms with Gasteiger partial charge in [0, 0.05) is 26.2 Å². The maximum Gasteiger partial charge on any atom is 0.257 e. The largest absolute Gasteiger partial charge is 0.496 e. The van der Waals surface area contributed by atoms with Crippen LogP contribution in [0.5, 0.6) is 5.75 Å². The van der Waals surface area contributed by atoms with E-state index in [1.807, 2.05) is 6.07 Å². The van der Waals surface area contributed by atoms with Crippen LogP contribution in [0.2, 0.25) is 0 Å². The number of nitrogens with zero attached hydrogens (tertiary/aromatic N) is 2. The third kappa shape index (κ3) is 4.45. The third-order valence-electron chi connectivity index (χ3n) is 4.50. The van der Waals surface area contributed by atoms with Crippen LogP contribution in [0, 0.1) is 5.82 Å². The molecule has 0 aliphatic carbocycles. The summed E-state index contributed by atoms with van der Waals surface area (Å²) < 4.78 is 45.3. The fourth-order valence-electron chi connectivity index (χ4n) is 3.06. The molecule has 1 aliphatic rings. The zero-order valence-corrected chi connectivity index (χ0v) is 15.8. The van der Waals surface area contributed by atoms with Crippen LogP contribution in [-0.2, 0) is 15.8 Å². The Balaban J connectivity index is 1.66. The molecule has 0 bridgehead atoms. The van der Waals surface area contributed by atoms with Crippen LogP contribution >= 0.6 is 0 Å². The van der Waals surface area contributed by atoms with Gasteiger partial charge in [-0.25, -0.2) is 12.8 Å². The Labute approximate surface area is 158 Å². The highest BCUT2D eigenvalue weighted by atomic mass is 32.2. The summed E-state index contributed by atoms with van der Waals surface area (Å²) in [4.78, 5) is 14.2. The standard InChI is InChI=1S/C19H21FN2O4S/c1-26-18-8-7-16(20)13-17(18)19(23)21-9-11-22(12-10-21)27(24,25)14-15-5-3-2-4-6-15/h2-8,13H,9-12,14H2,1H3. The van der Waals surface area contributed by atoms with Crippen molar-refractivity contribution in [3.63, 3.8) is 0 Å². The van der Waals surface area contributed by atoms with Gasteiger partial charge in [-0.15, -0.1) is 0 Å². The van der Waals surface area contributed by atoms with Gasteiger partial charge in [0.15, 0.2) is 0 Å². The van der Waals surface area contributed by atoms with E-state index in [-0.39, 0.29) is 43.4 Å². The molecule has 1 aliphatic heterocycles. The lowest BCUT2D eigenvalue weighted by molar-refractivity contribution is 0.0694. The Bertz CT molecular complexity index is 911. The monoisotopic (exact) mass is 392 g/mol. The number of piperazine rings is 1. The van der Waals surface area contributed by atoms with Gasteiger partial charge >= 0.3 is 0 Å². The average molecular weight is 392 g/mol. The van der Waals surface area contributed by atoms with Crippen molar-refractivity contribution in [1.82, 2.24) is 9.21 Å². The van der Waals surface area contributed by atoms with E-state index in [0.717, 1.165) is 11.6 Å². The lowest BCUT2D eigenvalue weighted by Gasteiger charge is -2.34. The number of amides is 1. The molecule has 1 heterocycles.